The van der Waals surface area contributed by atoms with Gasteiger partial charge in [-0.1, -0.05) is 30.3 Å². The third-order valence-corrected chi connectivity index (χ3v) is 5.12. The molecule has 0 aliphatic heterocycles. The molecule has 3 rings (SSSR count). The van der Waals surface area contributed by atoms with Gasteiger partial charge in [-0.05, 0) is 67.0 Å². The van der Waals surface area contributed by atoms with Gasteiger partial charge in [-0.15, -0.1) is 0 Å². The maximum Gasteiger partial charge on any atom is 0.310 e. The second kappa shape index (κ2) is 9.40. The van der Waals surface area contributed by atoms with Crippen LogP contribution in [0.25, 0.3) is 0 Å². The molecule has 1 atom stereocenters. The van der Waals surface area contributed by atoms with Gasteiger partial charge in [0, 0.05) is 0 Å². The smallest absolute Gasteiger partial charge is 0.310 e. The van der Waals surface area contributed by atoms with E-state index < -0.39 is 5.97 Å². The zero-order valence-electron chi connectivity index (χ0n) is 16.5. The number of rotatable bonds is 7. The van der Waals surface area contributed by atoms with Crippen molar-refractivity contribution in [1.82, 2.24) is 5.32 Å². The van der Waals surface area contributed by atoms with Crippen molar-refractivity contribution in [3.63, 3.8) is 0 Å². The minimum atomic E-state index is -0.429. The number of nitrogens with one attached hydrogen (secondary N) is 1. The van der Waals surface area contributed by atoms with Crippen LogP contribution in [0.5, 0.6) is 5.75 Å². The van der Waals surface area contributed by atoms with Crippen molar-refractivity contribution in [2.45, 2.75) is 45.1 Å². The Bertz CT molecular complexity index is 829. The van der Waals surface area contributed by atoms with Crippen molar-refractivity contribution in [2.24, 2.45) is 0 Å². The summed E-state index contributed by atoms with van der Waals surface area (Å²) in [5.41, 5.74) is 4.70. The standard InChI is InChI=1S/C23H27NO4/c1-16(19-10-9-18-5-3-4-6-20(18)14-19)24-22(25)15-28-23(26)13-17-7-11-21(27-2)12-8-17/h7-12,14,16H,3-6,13,15H2,1-2H3,(H,24,25)/t16-/m1/s1. The number of hydrogen-bond donors (Lipinski definition) is 1. The molecule has 0 saturated carbocycles. The predicted molar refractivity (Wildman–Crippen MR) is 107 cm³/mol. The van der Waals surface area contributed by atoms with Crippen LogP contribution < -0.4 is 10.1 Å². The minimum Gasteiger partial charge on any atom is -0.497 e. The van der Waals surface area contributed by atoms with Crippen molar-refractivity contribution < 1.29 is 19.1 Å². The van der Waals surface area contributed by atoms with Gasteiger partial charge in [-0.3, -0.25) is 9.59 Å². The second-order valence-corrected chi connectivity index (χ2v) is 7.21. The first kappa shape index (κ1) is 19.9. The molecule has 0 fully saturated rings. The molecular weight excluding hydrogens is 354 g/mol. The molecule has 0 aromatic heterocycles. The number of fused-ring (bicyclic) bond motifs is 1. The van der Waals surface area contributed by atoms with Gasteiger partial charge >= 0.3 is 5.97 Å². The van der Waals surface area contributed by atoms with E-state index >= 15 is 0 Å². The Hall–Kier alpha value is -2.82. The Balaban J connectivity index is 1.46. The number of carbonyl (C=O) groups is 2. The first-order valence-electron chi connectivity index (χ1n) is 9.75. The number of ether oxygens (including phenoxy) is 2. The molecule has 5 heteroatoms. The highest BCUT2D eigenvalue weighted by atomic mass is 16.5. The topological polar surface area (TPSA) is 64.6 Å². The average Bonchev–Trinajstić information content (AvgIpc) is 2.72. The van der Waals surface area contributed by atoms with Crippen LogP contribution in [-0.2, 0) is 33.6 Å². The minimum absolute atomic E-state index is 0.123. The Morgan fingerprint density at radius 3 is 2.46 bits per heavy atom. The molecule has 28 heavy (non-hydrogen) atoms. The summed E-state index contributed by atoms with van der Waals surface area (Å²) in [5.74, 6) is 0.00251. The fourth-order valence-electron chi connectivity index (χ4n) is 3.50. The molecule has 2 aromatic carbocycles. The van der Waals surface area contributed by atoms with E-state index in [0.717, 1.165) is 29.7 Å². The molecule has 1 aliphatic rings. The summed E-state index contributed by atoms with van der Waals surface area (Å²) in [5, 5.41) is 2.90. The van der Waals surface area contributed by atoms with E-state index in [1.165, 1.54) is 24.0 Å². The Labute approximate surface area is 166 Å². The molecule has 0 unspecified atom stereocenters. The van der Waals surface area contributed by atoms with Gasteiger partial charge in [0.2, 0.25) is 0 Å². The number of esters is 1. The fourth-order valence-corrected chi connectivity index (χ4v) is 3.50. The first-order valence-corrected chi connectivity index (χ1v) is 9.75. The van der Waals surface area contributed by atoms with E-state index in [4.69, 9.17) is 9.47 Å². The summed E-state index contributed by atoms with van der Waals surface area (Å²) >= 11 is 0. The summed E-state index contributed by atoms with van der Waals surface area (Å²) in [7, 11) is 1.59. The molecule has 0 saturated heterocycles. The van der Waals surface area contributed by atoms with E-state index in [1.54, 1.807) is 31.4 Å². The highest BCUT2D eigenvalue weighted by Gasteiger charge is 2.15. The van der Waals surface area contributed by atoms with Crippen molar-refractivity contribution >= 4 is 11.9 Å². The average molecular weight is 381 g/mol. The number of hydrogen-bond acceptors (Lipinski definition) is 4. The number of aryl methyl sites for hydroxylation is 2. The quantitative estimate of drug-likeness (QED) is 0.745. The van der Waals surface area contributed by atoms with Crippen molar-refractivity contribution in [3.8, 4) is 5.75 Å². The second-order valence-electron chi connectivity index (χ2n) is 7.21. The molecule has 0 spiro atoms. The van der Waals surface area contributed by atoms with Gasteiger partial charge < -0.3 is 14.8 Å². The molecule has 1 amide bonds. The largest absolute Gasteiger partial charge is 0.497 e. The van der Waals surface area contributed by atoms with Crippen LogP contribution >= 0.6 is 0 Å². The van der Waals surface area contributed by atoms with Crippen LogP contribution in [0.15, 0.2) is 42.5 Å². The summed E-state index contributed by atoms with van der Waals surface area (Å²) in [6, 6.07) is 13.5. The summed E-state index contributed by atoms with van der Waals surface area (Å²) < 4.78 is 10.2. The molecule has 1 aliphatic carbocycles. The molecule has 148 valence electrons. The highest BCUT2D eigenvalue weighted by molar-refractivity contribution is 5.81. The maximum atomic E-state index is 12.2. The molecule has 5 nitrogen and oxygen atoms in total. The molecular formula is C23H27NO4. The normalized spacial score (nSPS) is 13.9. The van der Waals surface area contributed by atoms with Gasteiger partial charge in [0.15, 0.2) is 6.61 Å². The summed E-state index contributed by atoms with van der Waals surface area (Å²) in [4.78, 5) is 24.1. The van der Waals surface area contributed by atoms with Crippen LogP contribution in [0, 0.1) is 0 Å². The Morgan fingerprint density at radius 2 is 1.75 bits per heavy atom. The predicted octanol–water partition coefficient (Wildman–Crippen LogP) is 3.54. The zero-order valence-corrected chi connectivity index (χ0v) is 16.5. The van der Waals surface area contributed by atoms with Gasteiger partial charge in [0.05, 0.1) is 19.6 Å². The van der Waals surface area contributed by atoms with Crippen LogP contribution in [0.1, 0.15) is 48.1 Å². The Morgan fingerprint density at radius 1 is 1.04 bits per heavy atom. The van der Waals surface area contributed by atoms with Gasteiger partial charge in [0.1, 0.15) is 5.75 Å². The third kappa shape index (κ3) is 5.35. The number of benzene rings is 2. The van der Waals surface area contributed by atoms with Gasteiger partial charge in [-0.25, -0.2) is 0 Å². The molecule has 0 heterocycles. The highest BCUT2D eigenvalue weighted by Crippen LogP contribution is 2.24. The van der Waals surface area contributed by atoms with E-state index in [9.17, 15) is 9.59 Å². The monoisotopic (exact) mass is 381 g/mol. The van der Waals surface area contributed by atoms with E-state index in [2.05, 4.69) is 23.5 Å². The lowest BCUT2D eigenvalue weighted by atomic mass is 9.89. The van der Waals surface area contributed by atoms with Crippen molar-refractivity contribution in [2.75, 3.05) is 13.7 Å². The van der Waals surface area contributed by atoms with Gasteiger partial charge in [0.25, 0.3) is 5.91 Å². The van der Waals surface area contributed by atoms with E-state index in [-0.39, 0.29) is 25.0 Å². The van der Waals surface area contributed by atoms with Crippen LogP contribution in [0.2, 0.25) is 0 Å². The molecule has 2 aromatic rings. The maximum absolute atomic E-state index is 12.2. The summed E-state index contributed by atoms with van der Waals surface area (Å²) in [6.45, 7) is 1.67. The van der Waals surface area contributed by atoms with Crippen LogP contribution in [0.3, 0.4) is 0 Å². The SMILES string of the molecule is COc1ccc(CC(=O)OCC(=O)N[C@H](C)c2ccc3c(c2)CCCC3)cc1. The number of methoxy groups -OCH3 is 1. The van der Waals surface area contributed by atoms with Crippen molar-refractivity contribution in [1.29, 1.82) is 0 Å². The molecule has 0 bridgehead atoms. The fraction of sp³-hybridized carbons (Fsp3) is 0.391. The number of amides is 1. The third-order valence-electron chi connectivity index (χ3n) is 5.12. The van der Waals surface area contributed by atoms with Gasteiger partial charge in [-0.2, -0.15) is 0 Å². The molecule has 1 N–H and O–H groups in total. The van der Waals surface area contributed by atoms with Crippen LogP contribution in [-0.4, -0.2) is 25.6 Å². The summed E-state index contributed by atoms with van der Waals surface area (Å²) in [6.07, 6.45) is 4.84. The zero-order chi connectivity index (χ0) is 19.9. The van der Waals surface area contributed by atoms with E-state index in [0.29, 0.717) is 0 Å². The number of carbonyl (C=O) groups excluding carboxylic acids is 2. The lowest BCUT2D eigenvalue weighted by molar-refractivity contribution is -0.148. The lowest BCUT2D eigenvalue weighted by Crippen LogP contribution is -2.31. The van der Waals surface area contributed by atoms with E-state index in [1.807, 2.05) is 6.92 Å². The van der Waals surface area contributed by atoms with Crippen molar-refractivity contribution in [3.05, 3.63) is 64.7 Å². The first-order chi connectivity index (χ1) is 13.5. The van der Waals surface area contributed by atoms with Crippen LogP contribution in [0.4, 0.5) is 0 Å². The molecule has 0 radical (unpaired) electrons. The Kier molecular flexibility index (Phi) is 6.69. The lowest BCUT2D eigenvalue weighted by Gasteiger charge is -2.20.